The molecule has 30 heavy (non-hydrogen) atoms. The Morgan fingerprint density at radius 2 is 1.83 bits per heavy atom. The minimum atomic E-state index is -0.0177. The number of rotatable bonds is 5. The normalized spacial score (nSPS) is 21.8. The second kappa shape index (κ2) is 8.11. The van der Waals surface area contributed by atoms with Crippen LogP contribution in [0.3, 0.4) is 0 Å². The maximum atomic E-state index is 5.84. The predicted octanol–water partition coefficient (Wildman–Crippen LogP) is 5.18. The molecule has 1 N–H and O–H groups in total. The number of nitrogens with one attached hydrogen (secondary N) is 1. The summed E-state index contributed by atoms with van der Waals surface area (Å²) in [5.41, 5.74) is 3.33. The highest BCUT2D eigenvalue weighted by Crippen LogP contribution is 2.43. The van der Waals surface area contributed by atoms with Gasteiger partial charge in [0.2, 0.25) is 0 Å². The third-order valence-electron chi connectivity index (χ3n) is 6.28. The van der Waals surface area contributed by atoms with E-state index in [0.717, 1.165) is 22.2 Å². The van der Waals surface area contributed by atoms with E-state index in [1.807, 2.05) is 30.5 Å². The van der Waals surface area contributed by atoms with Gasteiger partial charge in [-0.2, -0.15) is 0 Å². The Morgan fingerprint density at radius 3 is 2.53 bits per heavy atom. The van der Waals surface area contributed by atoms with E-state index >= 15 is 0 Å². The van der Waals surface area contributed by atoms with E-state index in [9.17, 15) is 0 Å². The van der Waals surface area contributed by atoms with E-state index in [0.29, 0.717) is 6.04 Å². The molecular formula is C24H26N4OS. The molecular weight excluding hydrogens is 392 g/mol. The van der Waals surface area contributed by atoms with Gasteiger partial charge in [0.05, 0.1) is 18.8 Å². The second-order valence-corrected chi connectivity index (χ2v) is 8.36. The fourth-order valence-electron chi connectivity index (χ4n) is 4.85. The number of hydrogen-bond acceptors (Lipinski definition) is 3. The van der Waals surface area contributed by atoms with Crippen molar-refractivity contribution in [3.05, 3.63) is 78.4 Å². The van der Waals surface area contributed by atoms with E-state index in [1.54, 1.807) is 7.11 Å². The molecule has 2 unspecified atom stereocenters. The first-order valence-electron chi connectivity index (χ1n) is 10.6. The molecule has 3 heterocycles. The summed E-state index contributed by atoms with van der Waals surface area (Å²) in [5.74, 6) is 0.837. The van der Waals surface area contributed by atoms with Crippen LogP contribution in [0.15, 0.2) is 67.0 Å². The summed E-state index contributed by atoms with van der Waals surface area (Å²) in [5, 5.41) is 4.28. The number of anilines is 1. The second-order valence-electron chi connectivity index (χ2n) is 7.97. The van der Waals surface area contributed by atoms with Gasteiger partial charge >= 0.3 is 0 Å². The van der Waals surface area contributed by atoms with Gasteiger partial charge < -0.3 is 19.5 Å². The van der Waals surface area contributed by atoms with Crippen LogP contribution in [0, 0.1) is 0 Å². The third kappa shape index (κ3) is 3.35. The Bertz CT molecular complexity index is 1010. The summed E-state index contributed by atoms with van der Waals surface area (Å²) in [6.45, 7) is 0. The highest BCUT2D eigenvalue weighted by atomic mass is 32.1. The molecule has 0 radical (unpaired) electrons. The van der Waals surface area contributed by atoms with Crippen LogP contribution >= 0.6 is 12.2 Å². The zero-order valence-corrected chi connectivity index (χ0v) is 17.9. The summed E-state index contributed by atoms with van der Waals surface area (Å²) < 4.78 is 7.83. The Morgan fingerprint density at radius 1 is 1.03 bits per heavy atom. The van der Waals surface area contributed by atoms with Gasteiger partial charge in [0, 0.05) is 29.8 Å². The summed E-state index contributed by atoms with van der Waals surface area (Å²) in [6, 6.07) is 19.2. The number of thiocarbonyl (C=S) groups is 1. The fourth-order valence-corrected chi connectivity index (χ4v) is 5.19. The van der Waals surface area contributed by atoms with Gasteiger partial charge in [-0.3, -0.25) is 4.98 Å². The Kier molecular flexibility index (Phi) is 5.17. The van der Waals surface area contributed by atoms with E-state index in [-0.39, 0.29) is 12.1 Å². The zero-order chi connectivity index (χ0) is 20.5. The highest BCUT2D eigenvalue weighted by molar-refractivity contribution is 7.80. The van der Waals surface area contributed by atoms with E-state index in [1.165, 1.54) is 31.4 Å². The quantitative estimate of drug-likeness (QED) is 0.578. The van der Waals surface area contributed by atoms with Crippen LogP contribution in [0.25, 0.3) is 0 Å². The highest BCUT2D eigenvalue weighted by Gasteiger charge is 2.42. The number of methoxy groups -OCH3 is 1. The molecule has 2 aromatic heterocycles. The van der Waals surface area contributed by atoms with Gasteiger partial charge in [0.25, 0.3) is 0 Å². The lowest BCUT2D eigenvalue weighted by Gasteiger charge is -2.30. The smallest absolute Gasteiger partial charge is 0.174 e. The summed E-state index contributed by atoms with van der Waals surface area (Å²) in [7, 11) is 1.69. The van der Waals surface area contributed by atoms with Gasteiger partial charge in [0.1, 0.15) is 11.8 Å². The maximum absolute atomic E-state index is 5.84. The van der Waals surface area contributed by atoms with Gasteiger partial charge in [-0.05, 0) is 73.6 Å². The van der Waals surface area contributed by atoms with Gasteiger partial charge in [-0.1, -0.05) is 18.9 Å². The molecule has 2 aliphatic rings. The topological polar surface area (TPSA) is 42.3 Å². The molecule has 3 aromatic rings. The maximum Gasteiger partial charge on any atom is 0.174 e. The van der Waals surface area contributed by atoms with Crippen molar-refractivity contribution in [3.63, 3.8) is 0 Å². The first-order chi connectivity index (χ1) is 14.8. The van der Waals surface area contributed by atoms with E-state index in [2.05, 4.69) is 56.3 Å². The first-order valence-corrected chi connectivity index (χ1v) is 11.0. The summed E-state index contributed by atoms with van der Waals surface area (Å²) in [4.78, 5) is 6.89. The van der Waals surface area contributed by atoms with Crippen molar-refractivity contribution in [2.75, 3.05) is 12.0 Å². The number of nitrogens with zero attached hydrogens (tertiary/aromatic N) is 3. The average Bonchev–Trinajstić information content (AvgIpc) is 3.53. The molecule has 2 fully saturated rings. The number of benzene rings is 1. The minimum Gasteiger partial charge on any atom is -0.497 e. The van der Waals surface area contributed by atoms with Crippen LogP contribution in [0.5, 0.6) is 5.75 Å². The van der Waals surface area contributed by atoms with Crippen LogP contribution in [-0.2, 0) is 0 Å². The summed E-state index contributed by atoms with van der Waals surface area (Å²) >= 11 is 5.84. The lowest BCUT2D eigenvalue weighted by atomic mass is 10.00. The van der Waals surface area contributed by atoms with Crippen LogP contribution in [-0.4, -0.2) is 21.8 Å². The molecule has 5 nitrogen and oxygen atoms in total. The van der Waals surface area contributed by atoms with Crippen molar-refractivity contribution in [1.82, 2.24) is 14.9 Å². The van der Waals surface area contributed by atoms with Crippen molar-refractivity contribution < 1.29 is 4.74 Å². The third-order valence-corrected chi connectivity index (χ3v) is 6.60. The summed E-state index contributed by atoms with van der Waals surface area (Å²) in [6.07, 6.45) is 9.16. The number of ether oxygens (including phenoxy) is 1. The Balaban J connectivity index is 1.60. The Labute approximate surface area is 182 Å². The number of pyridine rings is 1. The molecule has 1 aromatic carbocycles. The van der Waals surface area contributed by atoms with Crippen molar-refractivity contribution in [2.45, 2.75) is 43.8 Å². The molecule has 1 aliphatic carbocycles. The lowest BCUT2D eigenvalue weighted by Crippen LogP contribution is -2.30. The monoisotopic (exact) mass is 418 g/mol. The molecule has 1 saturated heterocycles. The van der Waals surface area contributed by atoms with Crippen LogP contribution in [0.2, 0.25) is 0 Å². The van der Waals surface area contributed by atoms with Gasteiger partial charge in [0.15, 0.2) is 5.11 Å². The Hall–Kier alpha value is -2.86. The molecule has 2 atom stereocenters. The van der Waals surface area contributed by atoms with Crippen LogP contribution < -0.4 is 15.0 Å². The molecule has 0 spiro atoms. The SMILES string of the molecule is COc1ccc(N2C(=S)NC(c3ccccn3)C2c2cccn2C2CCCC2)cc1. The fraction of sp³-hybridized carbons (Fsp3) is 0.333. The minimum absolute atomic E-state index is 0.0177. The average molecular weight is 419 g/mol. The predicted molar refractivity (Wildman–Crippen MR) is 123 cm³/mol. The van der Waals surface area contributed by atoms with Crippen molar-refractivity contribution in [1.29, 1.82) is 0 Å². The molecule has 0 bridgehead atoms. The zero-order valence-electron chi connectivity index (χ0n) is 17.1. The van der Waals surface area contributed by atoms with Crippen molar-refractivity contribution in [3.8, 4) is 5.75 Å². The molecule has 1 saturated carbocycles. The molecule has 1 aliphatic heterocycles. The van der Waals surface area contributed by atoms with Crippen molar-refractivity contribution >= 4 is 23.0 Å². The standard InChI is InChI=1S/C24H26N4OS/c1-29-19-13-11-18(12-14-19)28-23(21-10-6-16-27(21)17-7-2-3-8-17)22(26-24(28)30)20-9-4-5-15-25-20/h4-6,9-17,22-23H,2-3,7-8H2,1H3,(H,26,30). The van der Waals surface area contributed by atoms with Gasteiger partial charge in [-0.15, -0.1) is 0 Å². The lowest BCUT2D eigenvalue weighted by molar-refractivity contribution is 0.414. The molecule has 6 heteroatoms. The van der Waals surface area contributed by atoms with Crippen LogP contribution in [0.1, 0.15) is 55.2 Å². The van der Waals surface area contributed by atoms with E-state index in [4.69, 9.17) is 17.0 Å². The van der Waals surface area contributed by atoms with Gasteiger partial charge in [-0.25, -0.2) is 0 Å². The molecule has 5 rings (SSSR count). The van der Waals surface area contributed by atoms with E-state index < -0.39 is 0 Å². The largest absolute Gasteiger partial charge is 0.497 e. The molecule has 154 valence electrons. The van der Waals surface area contributed by atoms with Crippen LogP contribution in [0.4, 0.5) is 5.69 Å². The first kappa shape index (κ1) is 19.1. The number of aromatic nitrogens is 2. The van der Waals surface area contributed by atoms with Crippen molar-refractivity contribution in [2.24, 2.45) is 0 Å². The number of hydrogen-bond donors (Lipinski definition) is 1. The molecule has 0 amide bonds.